The molecule has 0 bridgehead atoms. The van der Waals surface area contributed by atoms with Crippen molar-refractivity contribution in [3.63, 3.8) is 0 Å². The lowest BCUT2D eigenvalue weighted by Gasteiger charge is -2.29. The van der Waals surface area contributed by atoms with E-state index in [1.807, 2.05) is 30.3 Å². The first-order chi connectivity index (χ1) is 16.7. The number of carbonyl (C=O) groups excluding carboxylic acids is 2. The number of carbonyl (C=O) groups is 3. The van der Waals surface area contributed by atoms with Gasteiger partial charge in [-0.05, 0) is 36.1 Å². The van der Waals surface area contributed by atoms with E-state index in [2.05, 4.69) is 15.7 Å². The predicted molar refractivity (Wildman–Crippen MR) is 134 cm³/mol. The molecular weight excluding hydrogens is 495 g/mol. The van der Waals surface area contributed by atoms with Gasteiger partial charge in [-0.2, -0.15) is 0 Å². The molecular formula is C23H28Cl2N6O4. The number of nitrogens with one attached hydrogen (secondary N) is 2. The van der Waals surface area contributed by atoms with Crippen LogP contribution in [0.5, 0.6) is 0 Å². The number of benzene rings is 2. The Hall–Kier alpha value is -3.34. The third kappa shape index (κ3) is 9.81. The second kappa shape index (κ2) is 14.1. The van der Waals surface area contributed by atoms with Gasteiger partial charge in [0.2, 0.25) is 11.8 Å². The Bertz CT molecular complexity index is 1050. The number of hydrazine groups is 1. The van der Waals surface area contributed by atoms with E-state index in [1.54, 1.807) is 18.2 Å². The van der Waals surface area contributed by atoms with Gasteiger partial charge in [0.05, 0.1) is 10.0 Å². The number of amides is 2. The summed E-state index contributed by atoms with van der Waals surface area (Å²) in [6.45, 7) is 0.509. The molecule has 2 amide bonds. The Labute approximate surface area is 213 Å². The van der Waals surface area contributed by atoms with Gasteiger partial charge >= 0.3 is 5.97 Å². The van der Waals surface area contributed by atoms with Crippen molar-refractivity contribution in [2.45, 2.75) is 38.4 Å². The molecule has 0 spiro atoms. The smallest absolute Gasteiger partial charge is 0.328 e. The second-order valence-corrected chi connectivity index (χ2v) is 8.40. The van der Waals surface area contributed by atoms with E-state index in [-0.39, 0.29) is 32.0 Å². The molecule has 0 unspecified atom stereocenters. The molecule has 0 aliphatic carbocycles. The van der Waals surface area contributed by atoms with Crippen LogP contribution in [0.3, 0.4) is 0 Å². The van der Waals surface area contributed by atoms with Gasteiger partial charge in [0.15, 0.2) is 5.96 Å². The second-order valence-electron chi connectivity index (χ2n) is 7.59. The lowest BCUT2D eigenvalue weighted by atomic mass is 10.1. The fourth-order valence-electron chi connectivity index (χ4n) is 3.14. The number of nitrogens with zero attached hydrogens (tertiary/aromatic N) is 2. The molecule has 188 valence electrons. The monoisotopic (exact) mass is 522 g/mol. The van der Waals surface area contributed by atoms with Crippen molar-refractivity contribution in [1.82, 2.24) is 15.8 Å². The first-order valence-corrected chi connectivity index (χ1v) is 11.5. The van der Waals surface area contributed by atoms with Crippen LogP contribution in [0, 0.1) is 0 Å². The maximum absolute atomic E-state index is 13.0. The van der Waals surface area contributed by atoms with E-state index in [0.29, 0.717) is 22.0 Å². The summed E-state index contributed by atoms with van der Waals surface area (Å²) < 4.78 is 0. The van der Waals surface area contributed by atoms with Gasteiger partial charge in [0.1, 0.15) is 12.5 Å². The summed E-state index contributed by atoms with van der Waals surface area (Å²) in [6, 6.07) is 12.8. The Morgan fingerprint density at radius 1 is 1.00 bits per heavy atom. The van der Waals surface area contributed by atoms with Crippen molar-refractivity contribution >= 4 is 46.9 Å². The topological polar surface area (TPSA) is 163 Å². The van der Waals surface area contributed by atoms with Crippen molar-refractivity contribution in [2.75, 3.05) is 6.54 Å². The Morgan fingerprint density at radius 3 is 2.34 bits per heavy atom. The van der Waals surface area contributed by atoms with Crippen molar-refractivity contribution in [3.8, 4) is 0 Å². The number of guanidine groups is 1. The minimum atomic E-state index is -1.26. The molecule has 2 aromatic rings. The molecule has 1 atom stereocenters. The first kappa shape index (κ1) is 27.9. The van der Waals surface area contributed by atoms with Gasteiger partial charge in [-0.25, -0.2) is 10.2 Å². The number of nitrogens with two attached hydrogens (primary N) is 2. The standard InChI is InChI=1S/C23H28Cl2N6O4/c24-17-9-8-16(11-18(17)25)14-30-31(19(22(34)35)7-4-10-28-23(26)27)21(33)12-20(32)29-13-15-5-2-1-3-6-15/h1-3,5-6,8-9,11,19,30H,4,7,10,12-14H2,(H,29,32)(H,34,35)(H4,26,27,28)/t19-/m0/s1. The highest BCUT2D eigenvalue weighted by atomic mass is 35.5. The van der Waals surface area contributed by atoms with Crippen LogP contribution in [-0.4, -0.2) is 46.4 Å². The van der Waals surface area contributed by atoms with Crippen molar-refractivity contribution in [2.24, 2.45) is 16.5 Å². The Kier molecular flexibility index (Phi) is 11.3. The molecule has 0 saturated carbocycles. The molecule has 0 radical (unpaired) electrons. The van der Waals surface area contributed by atoms with Crippen LogP contribution in [0.4, 0.5) is 0 Å². The third-order valence-corrected chi connectivity index (χ3v) is 5.62. The number of carboxylic acids is 1. The number of rotatable bonds is 13. The lowest BCUT2D eigenvalue weighted by molar-refractivity contribution is -0.155. The summed E-state index contributed by atoms with van der Waals surface area (Å²) in [6.07, 6.45) is -0.190. The first-order valence-electron chi connectivity index (χ1n) is 10.8. The highest BCUT2D eigenvalue weighted by Gasteiger charge is 2.30. The Balaban J connectivity index is 2.11. The van der Waals surface area contributed by atoms with E-state index >= 15 is 0 Å². The quantitative estimate of drug-likeness (QED) is 0.0882. The van der Waals surface area contributed by atoms with Crippen LogP contribution in [0.25, 0.3) is 0 Å². The molecule has 0 aromatic heterocycles. The van der Waals surface area contributed by atoms with Gasteiger partial charge in [-0.1, -0.05) is 59.6 Å². The van der Waals surface area contributed by atoms with Crippen molar-refractivity contribution in [1.29, 1.82) is 0 Å². The molecule has 35 heavy (non-hydrogen) atoms. The summed E-state index contributed by atoms with van der Waals surface area (Å²) in [7, 11) is 0. The molecule has 0 fully saturated rings. The van der Waals surface area contributed by atoms with E-state index < -0.39 is 30.2 Å². The van der Waals surface area contributed by atoms with Crippen LogP contribution in [0.15, 0.2) is 53.5 Å². The number of hydrogen-bond donors (Lipinski definition) is 5. The van der Waals surface area contributed by atoms with Gasteiger partial charge in [0, 0.05) is 19.6 Å². The molecule has 0 aliphatic heterocycles. The molecule has 0 saturated heterocycles. The summed E-state index contributed by atoms with van der Waals surface area (Å²) in [5.41, 5.74) is 15.0. The summed E-state index contributed by atoms with van der Waals surface area (Å²) in [4.78, 5) is 41.3. The molecule has 0 heterocycles. The number of aliphatic imine (C=N–C) groups is 1. The third-order valence-electron chi connectivity index (χ3n) is 4.88. The molecule has 7 N–H and O–H groups in total. The van der Waals surface area contributed by atoms with Crippen LogP contribution in [-0.2, 0) is 27.5 Å². The lowest BCUT2D eigenvalue weighted by Crippen LogP contribution is -2.53. The highest BCUT2D eigenvalue weighted by Crippen LogP contribution is 2.22. The molecule has 2 aromatic carbocycles. The van der Waals surface area contributed by atoms with Gasteiger partial charge < -0.3 is 21.9 Å². The average Bonchev–Trinajstić information content (AvgIpc) is 2.81. The maximum atomic E-state index is 13.0. The average molecular weight is 523 g/mol. The normalized spacial score (nSPS) is 11.4. The number of hydrogen-bond acceptors (Lipinski definition) is 5. The number of aliphatic carboxylic acids is 1. The van der Waals surface area contributed by atoms with Crippen LogP contribution in [0.2, 0.25) is 10.0 Å². The van der Waals surface area contributed by atoms with Crippen LogP contribution in [0.1, 0.15) is 30.4 Å². The van der Waals surface area contributed by atoms with Gasteiger partial charge in [-0.3, -0.25) is 19.6 Å². The summed E-state index contributed by atoms with van der Waals surface area (Å²) in [5.74, 6) is -2.60. The van der Waals surface area contributed by atoms with Crippen LogP contribution < -0.4 is 22.2 Å². The zero-order valence-corrected chi connectivity index (χ0v) is 20.4. The number of carboxylic acid groups (broad SMARTS) is 1. The Morgan fingerprint density at radius 2 is 1.71 bits per heavy atom. The van der Waals surface area contributed by atoms with E-state index in [1.165, 1.54) is 0 Å². The summed E-state index contributed by atoms with van der Waals surface area (Å²) >= 11 is 12.0. The van der Waals surface area contributed by atoms with Crippen molar-refractivity contribution < 1.29 is 19.5 Å². The zero-order valence-electron chi connectivity index (χ0n) is 18.9. The number of halogens is 2. The van der Waals surface area contributed by atoms with E-state index in [9.17, 15) is 19.5 Å². The van der Waals surface area contributed by atoms with Gasteiger partial charge in [0.25, 0.3) is 0 Å². The van der Waals surface area contributed by atoms with Crippen molar-refractivity contribution in [3.05, 3.63) is 69.7 Å². The summed E-state index contributed by atoms with van der Waals surface area (Å²) in [5, 5.41) is 14.1. The SMILES string of the molecule is NC(N)=NCCC[C@@H](C(=O)O)N(NCc1ccc(Cl)c(Cl)c1)C(=O)CC(=O)NCc1ccccc1. The largest absolute Gasteiger partial charge is 0.480 e. The van der Waals surface area contributed by atoms with Gasteiger partial charge in [-0.15, -0.1) is 0 Å². The highest BCUT2D eigenvalue weighted by molar-refractivity contribution is 6.42. The fraction of sp³-hybridized carbons (Fsp3) is 0.304. The minimum absolute atomic E-state index is 0.0534. The maximum Gasteiger partial charge on any atom is 0.328 e. The minimum Gasteiger partial charge on any atom is -0.480 e. The van der Waals surface area contributed by atoms with E-state index in [4.69, 9.17) is 34.7 Å². The molecule has 2 rings (SSSR count). The molecule has 10 nitrogen and oxygen atoms in total. The fourth-order valence-corrected chi connectivity index (χ4v) is 3.46. The zero-order chi connectivity index (χ0) is 25.8. The molecule has 12 heteroatoms. The molecule has 0 aliphatic rings. The van der Waals surface area contributed by atoms with Crippen LogP contribution >= 0.6 is 23.2 Å². The predicted octanol–water partition coefficient (Wildman–Crippen LogP) is 2.04. The van der Waals surface area contributed by atoms with E-state index in [0.717, 1.165) is 10.6 Å².